The number of nitrogens with two attached hydrogens (primary N) is 1. The molecular formula is C24H21F4N7O2. The summed E-state index contributed by atoms with van der Waals surface area (Å²) in [6, 6.07) is 4.73. The molecule has 3 aromatic heterocycles. The highest BCUT2D eigenvalue weighted by Crippen LogP contribution is 2.54. The van der Waals surface area contributed by atoms with E-state index in [-0.39, 0.29) is 35.9 Å². The van der Waals surface area contributed by atoms with Crippen LogP contribution >= 0.6 is 0 Å². The number of alkyl halides is 3. The van der Waals surface area contributed by atoms with Crippen molar-refractivity contribution in [2.45, 2.75) is 49.7 Å². The molecule has 0 saturated heterocycles. The topological polar surface area (TPSA) is 124 Å². The van der Waals surface area contributed by atoms with Crippen molar-refractivity contribution >= 4 is 34.4 Å². The third kappa shape index (κ3) is 3.85. The van der Waals surface area contributed by atoms with Crippen LogP contribution in [0.4, 0.5) is 39.7 Å². The van der Waals surface area contributed by atoms with E-state index in [0.29, 0.717) is 34.6 Å². The molecule has 9 nitrogen and oxygen atoms in total. The highest BCUT2D eigenvalue weighted by atomic mass is 19.4. The van der Waals surface area contributed by atoms with Crippen LogP contribution in [-0.2, 0) is 5.41 Å². The van der Waals surface area contributed by atoms with Gasteiger partial charge >= 0.3 is 12.2 Å². The fourth-order valence-electron chi connectivity index (χ4n) is 4.77. The zero-order valence-electron chi connectivity index (χ0n) is 19.3. The molecule has 0 atom stereocenters. The molecular weight excluding hydrogens is 494 g/mol. The number of nitrogen functional groups attached to an aromatic ring is 1. The van der Waals surface area contributed by atoms with Crippen molar-refractivity contribution in [3.05, 3.63) is 48.4 Å². The van der Waals surface area contributed by atoms with E-state index < -0.39 is 23.4 Å². The van der Waals surface area contributed by atoms with Crippen LogP contribution < -0.4 is 16.4 Å². The molecule has 2 amide bonds. The molecule has 13 heteroatoms. The molecule has 0 aliphatic heterocycles. The van der Waals surface area contributed by atoms with E-state index in [1.165, 1.54) is 18.5 Å². The van der Waals surface area contributed by atoms with E-state index in [9.17, 15) is 22.4 Å². The van der Waals surface area contributed by atoms with Gasteiger partial charge in [-0.15, -0.1) is 0 Å². The average Bonchev–Trinajstić information content (AvgIpc) is 3.41. The summed E-state index contributed by atoms with van der Waals surface area (Å²) in [6.07, 6.45) is 1.02. The van der Waals surface area contributed by atoms with Gasteiger partial charge < -0.3 is 20.1 Å². The largest absolute Gasteiger partial charge is 0.401 e. The summed E-state index contributed by atoms with van der Waals surface area (Å²) in [5.41, 5.74) is 5.74. The average molecular weight is 515 g/mol. The first-order valence-electron chi connectivity index (χ1n) is 11.7. The molecule has 2 fully saturated rings. The lowest BCUT2D eigenvalue weighted by molar-refractivity contribution is -0.218. The van der Waals surface area contributed by atoms with E-state index in [2.05, 4.69) is 25.8 Å². The first kappa shape index (κ1) is 23.3. The fraction of sp³-hybridized carbons (Fsp3) is 0.333. The van der Waals surface area contributed by atoms with Crippen molar-refractivity contribution in [1.29, 1.82) is 0 Å². The standard InChI is InChI=1S/C24H21F4N7O2/c25-15-8-12(14-10-35(13-3-4-13)21-19(14)20(29)30-11-31-21)2-5-16(15)32-22(36)33-18-9-17(37-34-18)23(6-1-7-23)24(26,27)28/h2,5,8-11,13H,1,3-4,6-7H2,(H2,29,30,31)(H2,32,33,34,36). The number of anilines is 3. The van der Waals surface area contributed by atoms with E-state index in [4.69, 9.17) is 10.3 Å². The predicted octanol–water partition coefficient (Wildman–Crippen LogP) is 5.77. The lowest BCUT2D eigenvalue weighted by Crippen LogP contribution is -2.47. The van der Waals surface area contributed by atoms with Crippen molar-refractivity contribution in [2.24, 2.45) is 0 Å². The highest BCUT2D eigenvalue weighted by molar-refractivity contribution is 6.02. The Bertz CT molecular complexity index is 1520. The van der Waals surface area contributed by atoms with Crippen molar-refractivity contribution in [2.75, 3.05) is 16.4 Å². The Morgan fingerprint density at radius 1 is 1.16 bits per heavy atom. The number of hydrogen-bond acceptors (Lipinski definition) is 6. The Morgan fingerprint density at radius 3 is 2.59 bits per heavy atom. The Hall–Kier alpha value is -4.16. The Morgan fingerprint density at radius 2 is 1.95 bits per heavy atom. The van der Waals surface area contributed by atoms with Gasteiger partial charge in [0.05, 0.1) is 11.1 Å². The van der Waals surface area contributed by atoms with Crippen LogP contribution in [0.15, 0.2) is 41.3 Å². The summed E-state index contributed by atoms with van der Waals surface area (Å²) in [7, 11) is 0. The van der Waals surface area contributed by atoms with Crippen molar-refractivity contribution < 1.29 is 26.9 Å². The molecule has 37 heavy (non-hydrogen) atoms. The molecule has 2 aliphatic carbocycles. The second kappa shape index (κ2) is 8.18. The van der Waals surface area contributed by atoms with Gasteiger partial charge in [0.15, 0.2) is 11.6 Å². The molecule has 0 radical (unpaired) electrons. The lowest BCUT2D eigenvalue weighted by atomic mass is 9.66. The maximum Gasteiger partial charge on any atom is 0.401 e. The van der Waals surface area contributed by atoms with Gasteiger partial charge in [-0.1, -0.05) is 17.6 Å². The molecule has 0 bridgehead atoms. The van der Waals surface area contributed by atoms with Crippen LogP contribution in [0.25, 0.3) is 22.2 Å². The van der Waals surface area contributed by atoms with Gasteiger partial charge in [-0.3, -0.25) is 5.32 Å². The number of hydrogen-bond donors (Lipinski definition) is 3. The van der Waals surface area contributed by atoms with Crippen LogP contribution in [0.3, 0.4) is 0 Å². The Balaban J connectivity index is 1.20. The molecule has 0 unspecified atom stereocenters. The molecule has 192 valence electrons. The first-order chi connectivity index (χ1) is 17.7. The van der Waals surface area contributed by atoms with Gasteiger partial charge in [0.25, 0.3) is 0 Å². The number of benzene rings is 1. The third-order valence-corrected chi connectivity index (χ3v) is 7.08. The fourth-order valence-corrected chi connectivity index (χ4v) is 4.77. The van der Waals surface area contributed by atoms with Gasteiger partial charge in [0.2, 0.25) is 0 Å². The van der Waals surface area contributed by atoms with Crippen LogP contribution in [0.1, 0.15) is 43.9 Å². The molecule has 4 N–H and O–H groups in total. The number of rotatable bonds is 5. The number of nitrogens with one attached hydrogen (secondary N) is 2. The van der Waals surface area contributed by atoms with Crippen molar-refractivity contribution in [3.8, 4) is 11.1 Å². The number of urea groups is 1. The Kier molecular flexibility index (Phi) is 5.14. The second-order valence-corrected chi connectivity index (χ2v) is 9.42. The molecule has 3 heterocycles. The minimum atomic E-state index is -4.49. The number of fused-ring (bicyclic) bond motifs is 1. The molecule has 0 spiro atoms. The van der Waals surface area contributed by atoms with Gasteiger partial charge in [0.1, 0.15) is 29.0 Å². The zero-order valence-corrected chi connectivity index (χ0v) is 19.3. The van der Waals surface area contributed by atoms with E-state index in [0.717, 1.165) is 18.9 Å². The summed E-state index contributed by atoms with van der Waals surface area (Å²) in [4.78, 5) is 20.8. The summed E-state index contributed by atoms with van der Waals surface area (Å²) in [5.74, 6) is -1.00. The van der Waals surface area contributed by atoms with Gasteiger partial charge in [0, 0.05) is 23.9 Å². The number of nitrogens with zero attached hydrogens (tertiary/aromatic N) is 4. The molecule has 2 saturated carbocycles. The smallest absolute Gasteiger partial charge is 0.383 e. The molecule has 6 rings (SSSR count). The van der Waals surface area contributed by atoms with Crippen molar-refractivity contribution in [3.63, 3.8) is 0 Å². The summed E-state index contributed by atoms with van der Waals surface area (Å²) in [5, 5.41) is 8.78. The maximum atomic E-state index is 15.0. The van der Waals surface area contributed by atoms with Gasteiger partial charge in [-0.05, 0) is 43.4 Å². The quantitative estimate of drug-likeness (QED) is 0.290. The van der Waals surface area contributed by atoms with Gasteiger partial charge in [-0.25, -0.2) is 19.2 Å². The first-order valence-corrected chi connectivity index (χ1v) is 11.7. The molecule has 1 aromatic carbocycles. The van der Waals surface area contributed by atoms with E-state index in [1.54, 1.807) is 6.07 Å². The van der Waals surface area contributed by atoms with Crippen LogP contribution in [0.5, 0.6) is 0 Å². The number of carbonyl (C=O) groups is 1. The van der Waals surface area contributed by atoms with E-state index in [1.807, 2.05) is 10.8 Å². The number of halogens is 4. The minimum Gasteiger partial charge on any atom is -0.383 e. The Labute approximate surface area is 207 Å². The van der Waals surface area contributed by atoms with Crippen LogP contribution in [0.2, 0.25) is 0 Å². The third-order valence-electron chi connectivity index (χ3n) is 7.08. The highest BCUT2D eigenvalue weighted by Gasteiger charge is 2.61. The number of carbonyl (C=O) groups excluding carboxylic acids is 1. The molecule has 4 aromatic rings. The second-order valence-electron chi connectivity index (χ2n) is 9.42. The lowest BCUT2D eigenvalue weighted by Gasteiger charge is -2.40. The number of amides is 2. The summed E-state index contributed by atoms with van der Waals surface area (Å²) in [6.45, 7) is 0. The monoisotopic (exact) mass is 515 g/mol. The van der Waals surface area contributed by atoms with E-state index >= 15 is 0 Å². The summed E-state index contributed by atoms with van der Waals surface area (Å²) < 4.78 is 62.4. The van der Waals surface area contributed by atoms with Crippen molar-refractivity contribution in [1.82, 2.24) is 19.7 Å². The minimum absolute atomic E-state index is 0.105. The maximum absolute atomic E-state index is 15.0. The zero-order chi connectivity index (χ0) is 25.9. The molecule has 2 aliphatic rings. The number of aromatic nitrogens is 4. The summed E-state index contributed by atoms with van der Waals surface area (Å²) >= 11 is 0. The van der Waals surface area contributed by atoms with Gasteiger partial charge in [-0.2, -0.15) is 13.2 Å². The van der Waals surface area contributed by atoms with Crippen LogP contribution in [0, 0.1) is 5.82 Å². The SMILES string of the molecule is Nc1ncnc2c1c(-c1ccc(NC(=O)Nc3cc(C4(C(F)(F)F)CCC4)on3)c(F)c1)cn2C1CC1. The predicted molar refractivity (Wildman–Crippen MR) is 126 cm³/mol. The van der Waals surface area contributed by atoms with Crippen LogP contribution in [-0.4, -0.2) is 31.9 Å². The normalized spacial score (nSPS) is 17.0.